The fraction of sp³-hybridized carbons (Fsp3) is 0.636. The van der Waals surface area contributed by atoms with Gasteiger partial charge in [-0.3, -0.25) is 0 Å². The Morgan fingerprint density at radius 3 is 2.41 bits per heavy atom. The molecule has 5 nitrogen and oxygen atoms in total. The number of hydrogen-bond donors (Lipinski definition) is 3. The van der Waals surface area contributed by atoms with Crippen LogP contribution in [0.2, 0.25) is 0 Å². The van der Waals surface area contributed by atoms with Gasteiger partial charge in [0.1, 0.15) is 5.60 Å². The molecule has 0 bridgehead atoms. The fourth-order valence-electron chi connectivity index (χ4n) is 0.882. The monoisotopic (exact) mass is 259 g/mol. The van der Waals surface area contributed by atoms with Crippen LogP contribution >= 0.6 is 12.2 Å². The van der Waals surface area contributed by atoms with E-state index in [2.05, 4.69) is 22.5 Å². The van der Waals surface area contributed by atoms with E-state index in [1.165, 1.54) is 0 Å². The highest BCUT2D eigenvalue weighted by atomic mass is 32.1. The molecule has 0 aromatic carbocycles. The van der Waals surface area contributed by atoms with Crippen LogP contribution in [-0.2, 0) is 4.74 Å². The molecule has 0 aliphatic heterocycles. The molecule has 0 saturated carbocycles. The van der Waals surface area contributed by atoms with Crippen molar-refractivity contribution in [3.8, 4) is 0 Å². The van der Waals surface area contributed by atoms with Gasteiger partial charge in [-0.2, -0.15) is 0 Å². The van der Waals surface area contributed by atoms with Crippen LogP contribution in [0.25, 0.3) is 0 Å². The van der Waals surface area contributed by atoms with E-state index in [4.69, 9.17) is 17.0 Å². The van der Waals surface area contributed by atoms with Crippen LogP contribution in [0.15, 0.2) is 12.7 Å². The Morgan fingerprint density at radius 1 is 1.29 bits per heavy atom. The van der Waals surface area contributed by atoms with E-state index in [-0.39, 0.29) is 0 Å². The summed E-state index contributed by atoms with van der Waals surface area (Å²) in [5.74, 6) is 0. The summed E-state index contributed by atoms with van der Waals surface area (Å²) in [5, 5.41) is 9.01. The number of nitrogens with one attached hydrogen (secondary N) is 3. The molecule has 0 spiro atoms. The second kappa shape index (κ2) is 7.89. The Morgan fingerprint density at radius 2 is 1.88 bits per heavy atom. The maximum absolute atomic E-state index is 11.3. The molecular weight excluding hydrogens is 238 g/mol. The lowest BCUT2D eigenvalue weighted by Gasteiger charge is -2.19. The molecule has 98 valence electrons. The summed E-state index contributed by atoms with van der Waals surface area (Å²) in [6, 6.07) is 0. The number of alkyl carbamates (subject to hydrolysis) is 1. The molecule has 6 heteroatoms. The second-order valence-corrected chi connectivity index (χ2v) is 4.76. The van der Waals surface area contributed by atoms with Crippen molar-refractivity contribution in [2.24, 2.45) is 0 Å². The van der Waals surface area contributed by atoms with Crippen molar-refractivity contribution in [1.82, 2.24) is 16.0 Å². The second-order valence-electron chi connectivity index (χ2n) is 4.35. The van der Waals surface area contributed by atoms with Crippen LogP contribution in [0.4, 0.5) is 4.79 Å². The smallest absolute Gasteiger partial charge is 0.407 e. The van der Waals surface area contributed by atoms with E-state index in [0.717, 1.165) is 0 Å². The molecule has 1 amide bonds. The molecule has 17 heavy (non-hydrogen) atoms. The first-order valence-corrected chi connectivity index (χ1v) is 5.85. The number of hydrogen-bond acceptors (Lipinski definition) is 3. The van der Waals surface area contributed by atoms with Crippen molar-refractivity contribution in [1.29, 1.82) is 0 Å². The van der Waals surface area contributed by atoms with Gasteiger partial charge >= 0.3 is 6.09 Å². The zero-order valence-corrected chi connectivity index (χ0v) is 11.4. The number of rotatable bonds is 5. The fourth-order valence-corrected chi connectivity index (χ4v) is 1.07. The topological polar surface area (TPSA) is 62.4 Å². The van der Waals surface area contributed by atoms with E-state index in [0.29, 0.717) is 24.7 Å². The molecule has 0 aromatic heterocycles. The van der Waals surface area contributed by atoms with Crippen molar-refractivity contribution >= 4 is 23.4 Å². The lowest BCUT2D eigenvalue weighted by molar-refractivity contribution is 0.0529. The van der Waals surface area contributed by atoms with Crippen molar-refractivity contribution < 1.29 is 9.53 Å². The highest BCUT2D eigenvalue weighted by Gasteiger charge is 2.15. The molecular formula is C11H21N3O2S. The third-order valence-electron chi connectivity index (χ3n) is 1.49. The Kier molecular flexibility index (Phi) is 7.29. The standard InChI is InChI=1S/C11H21N3O2S/c1-5-6-12-9(17)13-7-8-14-10(15)16-11(2,3)4/h5H,1,6-8H2,2-4H3,(H,14,15)(H2,12,13,17). The molecule has 0 heterocycles. The Balaban J connectivity index is 3.54. The minimum Gasteiger partial charge on any atom is -0.444 e. The lowest BCUT2D eigenvalue weighted by Crippen LogP contribution is -2.41. The molecule has 0 atom stereocenters. The minimum atomic E-state index is -0.474. The van der Waals surface area contributed by atoms with Crippen molar-refractivity contribution in [2.45, 2.75) is 26.4 Å². The van der Waals surface area contributed by atoms with E-state index in [1.807, 2.05) is 20.8 Å². The predicted molar refractivity (Wildman–Crippen MR) is 73.0 cm³/mol. The summed E-state index contributed by atoms with van der Waals surface area (Å²) in [4.78, 5) is 11.3. The summed E-state index contributed by atoms with van der Waals surface area (Å²) in [5.41, 5.74) is -0.474. The van der Waals surface area contributed by atoms with Gasteiger partial charge < -0.3 is 20.7 Å². The highest BCUT2D eigenvalue weighted by molar-refractivity contribution is 7.80. The van der Waals surface area contributed by atoms with E-state index < -0.39 is 11.7 Å². The maximum Gasteiger partial charge on any atom is 0.407 e. The number of ether oxygens (including phenoxy) is 1. The van der Waals surface area contributed by atoms with Gasteiger partial charge in [-0.25, -0.2) is 4.79 Å². The zero-order chi connectivity index (χ0) is 13.3. The largest absolute Gasteiger partial charge is 0.444 e. The van der Waals surface area contributed by atoms with Crippen molar-refractivity contribution in [2.75, 3.05) is 19.6 Å². The predicted octanol–water partition coefficient (Wildman–Crippen LogP) is 1.16. The minimum absolute atomic E-state index is 0.427. The van der Waals surface area contributed by atoms with E-state index in [1.54, 1.807) is 6.08 Å². The Labute approximate surface area is 108 Å². The van der Waals surface area contributed by atoms with Gasteiger partial charge in [-0.05, 0) is 33.0 Å². The van der Waals surface area contributed by atoms with Crippen LogP contribution < -0.4 is 16.0 Å². The molecule has 0 unspecified atom stereocenters. The summed E-state index contributed by atoms with van der Waals surface area (Å²) in [6.45, 7) is 10.6. The van der Waals surface area contributed by atoms with Gasteiger partial charge in [-0.1, -0.05) is 6.08 Å². The Hall–Kier alpha value is -1.30. The van der Waals surface area contributed by atoms with Crippen LogP contribution in [0, 0.1) is 0 Å². The van der Waals surface area contributed by atoms with Gasteiger partial charge in [0, 0.05) is 19.6 Å². The van der Waals surface area contributed by atoms with E-state index in [9.17, 15) is 4.79 Å². The molecule has 0 fully saturated rings. The molecule has 0 rings (SSSR count). The van der Waals surface area contributed by atoms with Crippen LogP contribution in [-0.4, -0.2) is 36.4 Å². The quantitative estimate of drug-likeness (QED) is 0.393. The summed E-state index contributed by atoms with van der Waals surface area (Å²) >= 11 is 4.97. The summed E-state index contributed by atoms with van der Waals surface area (Å²) in [6.07, 6.45) is 1.29. The zero-order valence-electron chi connectivity index (χ0n) is 10.6. The average molecular weight is 259 g/mol. The molecule has 0 radical (unpaired) electrons. The molecule has 0 aromatic rings. The van der Waals surface area contributed by atoms with Crippen LogP contribution in [0.5, 0.6) is 0 Å². The van der Waals surface area contributed by atoms with E-state index >= 15 is 0 Å². The maximum atomic E-state index is 11.3. The number of thiocarbonyl (C=S) groups is 1. The lowest BCUT2D eigenvalue weighted by atomic mass is 10.2. The first-order chi connectivity index (χ1) is 7.85. The van der Waals surface area contributed by atoms with Crippen LogP contribution in [0.3, 0.4) is 0 Å². The third-order valence-corrected chi connectivity index (χ3v) is 1.77. The molecule has 0 saturated heterocycles. The number of carbonyl (C=O) groups is 1. The third kappa shape index (κ3) is 11.0. The molecule has 0 aliphatic rings. The SMILES string of the molecule is C=CCNC(=S)NCCNC(=O)OC(C)(C)C. The van der Waals surface area contributed by atoms with Crippen molar-refractivity contribution in [3.05, 3.63) is 12.7 Å². The molecule has 3 N–H and O–H groups in total. The average Bonchev–Trinajstić information content (AvgIpc) is 2.19. The van der Waals surface area contributed by atoms with Gasteiger partial charge in [-0.15, -0.1) is 6.58 Å². The van der Waals surface area contributed by atoms with Gasteiger partial charge in [0.25, 0.3) is 0 Å². The highest BCUT2D eigenvalue weighted by Crippen LogP contribution is 2.05. The molecule has 0 aliphatic carbocycles. The van der Waals surface area contributed by atoms with Gasteiger partial charge in [0.15, 0.2) is 5.11 Å². The normalized spacial score (nSPS) is 10.3. The first-order valence-electron chi connectivity index (χ1n) is 5.44. The van der Waals surface area contributed by atoms with Crippen molar-refractivity contribution in [3.63, 3.8) is 0 Å². The first kappa shape index (κ1) is 15.7. The Bertz CT molecular complexity index is 274. The number of carbonyl (C=O) groups excluding carboxylic acids is 1. The summed E-state index contributed by atoms with van der Waals surface area (Å²) in [7, 11) is 0. The van der Waals surface area contributed by atoms with Gasteiger partial charge in [0.2, 0.25) is 0 Å². The summed E-state index contributed by atoms with van der Waals surface area (Å²) < 4.78 is 5.07. The number of amides is 1. The van der Waals surface area contributed by atoms with Gasteiger partial charge in [0.05, 0.1) is 0 Å². The van der Waals surface area contributed by atoms with Crippen LogP contribution in [0.1, 0.15) is 20.8 Å².